The van der Waals surface area contributed by atoms with Crippen molar-refractivity contribution >= 4 is 21.6 Å². The minimum absolute atomic E-state index is 0.279. The van der Waals surface area contributed by atoms with Crippen LogP contribution in [-0.2, 0) is 6.54 Å². The van der Waals surface area contributed by atoms with Crippen LogP contribution in [0.4, 0.5) is 10.1 Å². The Bertz CT molecular complexity index is 646. The molecule has 0 aromatic heterocycles. The van der Waals surface area contributed by atoms with Crippen LogP contribution in [0.15, 0.2) is 34.8 Å². The molecule has 3 nitrogen and oxygen atoms in total. The monoisotopic (exact) mass is 353 g/mol. The molecule has 0 aliphatic heterocycles. The summed E-state index contributed by atoms with van der Waals surface area (Å²) in [6.07, 6.45) is 0. The topological polar surface area (TPSA) is 30.5 Å². The molecule has 0 bridgehead atoms. The van der Waals surface area contributed by atoms with Crippen molar-refractivity contribution in [2.45, 2.75) is 13.5 Å². The third kappa shape index (κ3) is 3.67. The number of rotatable bonds is 5. The molecule has 2 rings (SSSR count). The first-order valence-electron chi connectivity index (χ1n) is 6.45. The van der Waals surface area contributed by atoms with Gasteiger partial charge in [-0.05, 0) is 52.7 Å². The van der Waals surface area contributed by atoms with Crippen molar-refractivity contribution in [2.75, 3.05) is 19.5 Å². The van der Waals surface area contributed by atoms with Crippen LogP contribution < -0.4 is 14.8 Å². The van der Waals surface area contributed by atoms with Crippen LogP contribution in [0.5, 0.6) is 11.5 Å². The van der Waals surface area contributed by atoms with Crippen LogP contribution in [0.2, 0.25) is 0 Å². The van der Waals surface area contributed by atoms with Gasteiger partial charge in [-0.2, -0.15) is 0 Å². The Balaban J connectivity index is 2.20. The summed E-state index contributed by atoms with van der Waals surface area (Å²) in [6, 6.07) is 8.99. The summed E-state index contributed by atoms with van der Waals surface area (Å²) in [6.45, 7) is 2.38. The van der Waals surface area contributed by atoms with Crippen LogP contribution >= 0.6 is 15.9 Å². The van der Waals surface area contributed by atoms with E-state index in [-0.39, 0.29) is 5.82 Å². The lowest BCUT2D eigenvalue weighted by atomic mass is 10.1. The van der Waals surface area contributed by atoms with Crippen molar-refractivity contribution in [1.29, 1.82) is 0 Å². The van der Waals surface area contributed by atoms with Crippen LogP contribution in [0, 0.1) is 12.7 Å². The molecule has 2 aromatic rings. The van der Waals surface area contributed by atoms with Gasteiger partial charge < -0.3 is 14.8 Å². The van der Waals surface area contributed by atoms with Gasteiger partial charge in [0.2, 0.25) is 0 Å². The minimum atomic E-state index is -0.279. The minimum Gasteiger partial charge on any atom is -0.497 e. The second-order valence-corrected chi connectivity index (χ2v) is 5.43. The van der Waals surface area contributed by atoms with E-state index in [0.29, 0.717) is 16.7 Å². The van der Waals surface area contributed by atoms with E-state index in [4.69, 9.17) is 9.47 Å². The van der Waals surface area contributed by atoms with E-state index in [1.54, 1.807) is 14.2 Å². The Morgan fingerprint density at radius 1 is 1.14 bits per heavy atom. The van der Waals surface area contributed by atoms with Crippen molar-refractivity contribution in [3.8, 4) is 11.5 Å². The zero-order chi connectivity index (χ0) is 15.4. The second kappa shape index (κ2) is 6.80. The van der Waals surface area contributed by atoms with Gasteiger partial charge in [-0.3, -0.25) is 0 Å². The molecule has 0 amide bonds. The van der Waals surface area contributed by atoms with E-state index in [1.165, 1.54) is 6.07 Å². The first-order chi connectivity index (χ1) is 10.0. The van der Waals surface area contributed by atoms with Gasteiger partial charge in [0.15, 0.2) is 0 Å². The molecule has 0 radical (unpaired) electrons. The molecule has 0 atom stereocenters. The van der Waals surface area contributed by atoms with E-state index in [1.807, 2.05) is 31.2 Å². The normalized spacial score (nSPS) is 10.3. The zero-order valence-electron chi connectivity index (χ0n) is 12.2. The maximum Gasteiger partial charge on any atom is 0.139 e. The first-order valence-corrected chi connectivity index (χ1v) is 7.25. The molecule has 0 saturated carbocycles. The van der Waals surface area contributed by atoms with Crippen molar-refractivity contribution in [1.82, 2.24) is 0 Å². The Hall–Kier alpha value is -1.75. The highest BCUT2D eigenvalue weighted by molar-refractivity contribution is 9.10. The molecule has 0 heterocycles. The molecule has 0 fully saturated rings. The van der Waals surface area contributed by atoms with E-state index >= 15 is 0 Å². The van der Waals surface area contributed by atoms with E-state index in [2.05, 4.69) is 21.2 Å². The van der Waals surface area contributed by atoms with Crippen molar-refractivity contribution < 1.29 is 13.9 Å². The summed E-state index contributed by atoms with van der Waals surface area (Å²) in [5, 5.41) is 3.22. The van der Waals surface area contributed by atoms with Gasteiger partial charge in [0, 0.05) is 18.2 Å². The molecule has 1 N–H and O–H groups in total. The fraction of sp³-hybridized carbons (Fsp3) is 0.250. The SMILES string of the molecule is COc1ccc(CNc2cc(C)cc(F)c2Br)c(OC)c1. The Labute approximate surface area is 132 Å². The summed E-state index contributed by atoms with van der Waals surface area (Å²) < 4.78 is 24.6. The number of hydrogen-bond donors (Lipinski definition) is 1. The number of methoxy groups -OCH3 is 2. The van der Waals surface area contributed by atoms with Gasteiger partial charge in [0.1, 0.15) is 17.3 Å². The lowest BCUT2D eigenvalue weighted by Gasteiger charge is -2.13. The third-order valence-corrected chi connectivity index (χ3v) is 3.94. The molecule has 2 aromatic carbocycles. The molecule has 0 unspecified atom stereocenters. The summed E-state index contributed by atoms with van der Waals surface area (Å²) in [5.74, 6) is 1.18. The van der Waals surface area contributed by atoms with Gasteiger partial charge >= 0.3 is 0 Å². The van der Waals surface area contributed by atoms with Gasteiger partial charge in [-0.25, -0.2) is 4.39 Å². The Morgan fingerprint density at radius 2 is 1.90 bits per heavy atom. The third-order valence-electron chi connectivity index (χ3n) is 3.14. The Morgan fingerprint density at radius 3 is 2.57 bits per heavy atom. The maximum absolute atomic E-state index is 13.7. The van der Waals surface area contributed by atoms with Gasteiger partial charge in [-0.1, -0.05) is 0 Å². The number of anilines is 1. The lowest BCUT2D eigenvalue weighted by molar-refractivity contribution is 0.391. The van der Waals surface area contributed by atoms with Gasteiger partial charge in [0.25, 0.3) is 0 Å². The fourth-order valence-electron chi connectivity index (χ4n) is 2.04. The number of nitrogens with one attached hydrogen (secondary N) is 1. The maximum atomic E-state index is 13.7. The molecule has 0 spiro atoms. The van der Waals surface area contributed by atoms with Crippen LogP contribution in [0.25, 0.3) is 0 Å². The van der Waals surface area contributed by atoms with E-state index in [9.17, 15) is 4.39 Å². The summed E-state index contributed by atoms with van der Waals surface area (Å²) >= 11 is 3.26. The molecule has 21 heavy (non-hydrogen) atoms. The summed E-state index contributed by atoms with van der Waals surface area (Å²) in [5.41, 5.74) is 2.54. The van der Waals surface area contributed by atoms with Crippen molar-refractivity contribution in [3.05, 3.63) is 51.7 Å². The van der Waals surface area contributed by atoms with Crippen LogP contribution in [0.1, 0.15) is 11.1 Å². The van der Waals surface area contributed by atoms with Gasteiger partial charge in [-0.15, -0.1) is 0 Å². The number of ether oxygens (including phenoxy) is 2. The summed E-state index contributed by atoms with van der Waals surface area (Å²) in [7, 11) is 3.22. The highest BCUT2D eigenvalue weighted by Crippen LogP contribution is 2.29. The molecule has 112 valence electrons. The number of halogens is 2. The number of benzene rings is 2. The molecule has 0 aliphatic carbocycles. The molecule has 0 aliphatic rings. The number of hydrogen-bond acceptors (Lipinski definition) is 3. The van der Waals surface area contributed by atoms with Gasteiger partial charge in [0.05, 0.1) is 24.4 Å². The largest absolute Gasteiger partial charge is 0.497 e. The Kier molecular flexibility index (Phi) is 5.07. The van der Waals surface area contributed by atoms with Crippen LogP contribution in [-0.4, -0.2) is 14.2 Å². The predicted octanol–water partition coefficient (Wildman–Crippen LogP) is 4.53. The quantitative estimate of drug-likeness (QED) is 0.856. The molecule has 5 heteroatoms. The first kappa shape index (κ1) is 15.6. The lowest BCUT2D eigenvalue weighted by Crippen LogP contribution is -2.03. The average molecular weight is 354 g/mol. The molecular weight excluding hydrogens is 337 g/mol. The number of aryl methyl sites for hydroxylation is 1. The molecular formula is C16H17BrFNO2. The van der Waals surface area contributed by atoms with E-state index < -0.39 is 0 Å². The second-order valence-electron chi connectivity index (χ2n) is 4.64. The summed E-state index contributed by atoms with van der Waals surface area (Å²) in [4.78, 5) is 0. The van der Waals surface area contributed by atoms with Crippen molar-refractivity contribution in [3.63, 3.8) is 0 Å². The van der Waals surface area contributed by atoms with Crippen molar-refractivity contribution in [2.24, 2.45) is 0 Å². The smallest absolute Gasteiger partial charge is 0.139 e. The molecule has 0 saturated heterocycles. The van der Waals surface area contributed by atoms with E-state index in [0.717, 1.165) is 22.6 Å². The fourth-order valence-corrected chi connectivity index (χ4v) is 2.41. The average Bonchev–Trinajstić information content (AvgIpc) is 2.49. The zero-order valence-corrected chi connectivity index (χ0v) is 13.8. The predicted molar refractivity (Wildman–Crippen MR) is 85.7 cm³/mol. The highest BCUT2D eigenvalue weighted by Gasteiger charge is 2.09. The highest BCUT2D eigenvalue weighted by atomic mass is 79.9. The van der Waals surface area contributed by atoms with Crippen LogP contribution in [0.3, 0.4) is 0 Å². The standard InChI is InChI=1S/C16H17BrFNO2/c1-10-6-13(18)16(17)14(7-10)19-9-11-4-5-12(20-2)8-15(11)21-3/h4-8,19H,9H2,1-3H3.